The molecule has 0 radical (unpaired) electrons. The van der Waals surface area contributed by atoms with Crippen molar-refractivity contribution in [3.05, 3.63) is 95.1 Å². The number of anilines is 1. The highest BCUT2D eigenvalue weighted by atomic mass is 32.2. The second-order valence-corrected chi connectivity index (χ2v) is 11.2. The van der Waals surface area contributed by atoms with Gasteiger partial charge in [-0.1, -0.05) is 29.8 Å². The topological polar surface area (TPSA) is 117 Å². The molecule has 10 nitrogen and oxygen atoms in total. The zero-order chi connectivity index (χ0) is 29.9. The molecule has 5 rings (SSSR count). The average Bonchev–Trinajstić information content (AvgIpc) is 3.42. The number of rotatable bonds is 11. The van der Waals surface area contributed by atoms with Gasteiger partial charge in [-0.25, -0.2) is 14.4 Å². The molecule has 0 unspecified atom stereocenters. The maximum Gasteiger partial charge on any atom is 0.296 e. The number of ether oxygens (including phenoxy) is 2. The van der Waals surface area contributed by atoms with Crippen LogP contribution in [0.5, 0.6) is 11.5 Å². The van der Waals surface area contributed by atoms with Crippen LogP contribution in [0.3, 0.4) is 0 Å². The number of fused-ring (bicyclic) bond motifs is 1. The largest absolute Gasteiger partial charge is 0.497 e. The van der Waals surface area contributed by atoms with Crippen molar-refractivity contribution in [3.8, 4) is 22.8 Å². The molecular formula is C30H30FN5O5S. The van der Waals surface area contributed by atoms with Crippen molar-refractivity contribution in [3.63, 3.8) is 0 Å². The molecule has 12 heteroatoms. The van der Waals surface area contributed by atoms with Gasteiger partial charge in [-0.3, -0.25) is 4.18 Å². The smallest absolute Gasteiger partial charge is 0.296 e. The molecule has 0 aliphatic rings. The van der Waals surface area contributed by atoms with Gasteiger partial charge in [-0.15, -0.1) is 5.10 Å². The molecule has 0 atom stereocenters. The van der Waals surface area contributed by atoms with Crippen LogP contribution in [-0.4, -0.2) is 48.8 Å². The van der Waals surface area contributed by atoms with Crippen molar-refractivity contribution < 1.29 is 26.5 Å². The lowest BCUT2D eigenvalue weighted by atomic mass is 10.1. The summed E-state index contributed by atoms with van der Waals surface area (Å²) in [6.45, 7) is 3.88. The molecule has 0 fully saturated rings. The molecule has 0 saturated carbocycles. The van der Waals surface area contributed by atoms with E-state index in [9.17, 15) is 12.8 Å². The number of methoxy groups -OCH3 is 2. The standard InChI is InChI=1S/C30H30FN5O5S/c1-19-8-12-25(13-9-19)42(37,38)41-15-14-27-33-29-20(2)28(21-6-5-7-23(31)16-21)34-30(36(29)35-27)32-18-22-10-11-24(39-3)17-26(22)40-4/h5-13,16-17H,14-15,18H2,1-4H3,(H,32,34). The quantitative estimate of drug-likeness (QED) is 0.209. The molecule has 3 aromatic carbocycles. The van der Waals surface area contributed by atoms with E-state index in [1.807, 2.05) is 26.0 Å². The van der Waals surface area contributed by atoms with Crippen molar-refractivity contribution in [1.82, 2.24) is 19.6 Å². The first-order valence-electron chi connectivity index (χ1n) is 13.1. The fourth-order valence-corrected chi connectivity index (χ4v) is 5.32. The van der Waals surface area contributed by atoms with Gasteiger partial charge in [0.2, 0.25) is 5.95 Å². The number of halogens is 1. The van der Waals surface area contributed by atoms with Gasteiger partial charge in [0.05, 0.1) is 31.4 Å². The summed E-state index contributed by atoms with van der Waals surface area (Å²) in [5.74, 6) is 1.62. The first-order chi connectivity index (χ1) is 20.2. The lowest BCUT2D eigenvalue weighted by molar-refractivity contribution is 0.319. The number of nitrogens with one attached hydrogen (secondary N) is 1. The minimum atomic E-state index is -3.93. The third-order valence-corrected chi connectivity index (χ3v) is 7.99. The van der Waals surface area contributed by atoms with Crippen molar-refractivity contribution in [2.45, 2.75) is 31.7 Å². The Bertz CT molecular complexity index is 1840. The first kappa shape index (κ1) is 29.0. The lowest BCUT2D eigenvalue weighted by Gasteiger charge is -2.14. The van der Waals surface area contributed by atoms with Gasteiger partial charge in [-0.05, 0) is 50.2 Å². The van der Waals surface area contributed by atoms with E-state index < -0.39 is 10.1 Å². The van der Waals surface area contributed by atoms with Crippen LogP contribution in [0, 0.1) is 19.7 Å². The third kappa shape index (κ3) is 6.19. The van der Waals surface area contributed by atoms with Gasteiger partial charge < -0.3 is 14.8 Å². The van der Waals surface area contributed by atoms with Gasteiger partial charge >= 0.3 is 0 Å². The summed E-state index contributed by atoms with van der Waals surface area (Å²) in [4.78, 5) is 9.52. The molecule has 5 aromatic rings. The molecule has 218 valence electrons. The van der Waals surface area contributed by atoms with Crippen LogP contribution in [0.2, 0.25) is 0 Å². The molecule has 0 spiro atoms. The molecule has 1 N–H and O–H groups in total. The number of benzene rings is 3. The molecule has 0 aliphatic carbocycles. The van der Waals surface area contributed by atoms with Gasteiger partial charge in [0.1, 0.15) is 17.3 Å². The van der Waals surface area contributed by atoms with E-state index >= 15 is 0 Å². The van der Waals surface area contributed by atoms with E-state index in [0.29, 0.717) is 52.3 Å². The Balaban J connectivity index is 1.46. The van der Waals surface area contributed by atoms with Crippen LogP contribution in [0.1, 0.15) is 22.5 Å². The van der Waals surface area contributed by atoms with Gasteiger partial charge in [-0.2, -0.15) is 12.9 Å². The lowest BCUT2D eigenvalue weighted by Crippen LogP contribution is -2.11. The van der Waals surface area contributed by atoms with Crippen molar-refractivity contribution in [2.75, 3.05) is 26.1 Å². The molecule has 0 amide bonds. The molecule has 42 heavy (non-hydrogen) atoms. The fraction of sp³-hybridized carbons (Fsp3) is 0.233. The second kappa shape index (κ2) is 12.1. The van der Waals surface area contributed by atoms with Crippen LogP contribution >= 0.6 is 0 Å². The number of aryl methyl sites for hydroxylation is 2. The van der Waals surface area contributed by atoms with Crippen LogP contribution in [-0.2, 0) is 27.3 Å². The van der Waals surface area contributed by atoms with E-state index in [1.54, 1.807) is 49.1 Å². The predicted octanol–water partition coefficient (Wildman–Crippen LogP) is 5.12. The maximum absolute atomic E-state index is 14.1. The molecule has 0 saturated heterocycles. The summed E-state index contributed by atoms with van der Waals surface area (Å²) in [5, 5.41) is 7.89. The number of hydrogen-bond acceptors (Lipinski definition) is 9. The minimum Gasteiger partial charge on any atom is -0.497 e. The molecule has 2 heterocycles. The summed E-state index contributed by atoms with van der Waals surface area (Å²) in [6.07, 6.45) is 0.132. The average molecular weight is 592 g/mol. The Morgan fingerprint density at radius 1 is 0.952 bits per heavy atom. The zero-order valence-corrected chi connectivity index (χ0v) is 24.4. The summed E-state index contributed by atoms with van der Waals surface area (Å²) >= 11 is 0. The van der Waals surface area contributed by atoms with Crippen LogP contribution in [0.15, 0.2) is 71.6 Å². The number of aromatic nitrogens is 4. The SMILES string of the molecule is COc1ccc(CNc2nc(-c3cccc(F)c3)c(C)c3nc(CCOS(=O)(=O)c4ccc(C)cc4)nn23)c(OC)c1. The van der Waals surface area contributed by atoms with Gasteiger partial charge in [0.25, 0.3) is 10.1 Å². The van der Waals surface area contributed by atoms with E-state index in [0.717, 1.165) is 11.1 Å². The highest BCUT2D eigenvalue weighted by molar-refractivity contribution is 7.86. The fourth-order valence-electron chi connectivity index (χ4n) is 4.41. The van der Waals surface area contributed by atoms with Crippen molar-refractivity contribution in [1.29, 1.82) is 0 Å². The summed E-state index contributed by atoms with van der Waals surface area (Å²) in [7, 11) is -0.776. The Morgan fingerprint density at radius 2 is 1.74 bits per heavy atom. The van der Waals surface area contributed by atoms with E-state index in [4.69, 9.17) is 18.6 Å². The highest BCUT2D eigenvalue weighted by Gasteiger charge is 2.19. The Kier molecular flexibility index (Phi) is 8.36. The van der Waals surface area contributed by atoms with Crippen LogP contribution < -0.4 is 14.8 Å². The van der Waals surface area contributed by atoms with Crippen molar-refractivity contribution in [2.24, 2.45) is 0 Å². The molecule has 2 aromatic heterocycles. The van der Waals surface area contributed by atoms with Crippen LogP contribution in [0.25, 0.3) is 16.9 Å². The first-order valence-corrected chi connectivity index (χ1v) is 14.5. The van der Waals surface area contributed by atoms with Crippen LogP contribution in [0.4, 0.5) is 10.3 Å². The number of nitrogens with zero attached hydrogens (tertiary/aromatic N) is 4. The molecular weight excluding hydrogens is 561 g/mol. The van der Waals surface area contributed by atoms with Gasteiger partial charge in [0.15, 0.2) is 11.5 Å². The Morgan fingerprint density at radius 3 is 2.45 bits per heavy atom. The summed E-state index contributed by atoms with van der Waals surface area (Å²) in [5.41, 5.74) is 4.07. The third-order valence-electron chi connectivity index (χ3n) is 6.66. The summed E-state index contributed by atoms with van der Waals surface area (Å²) in [6, 6.07) is 18.1. The van der Waals surface area contributed by atoms with E-state index in [1.165, 1.54) is 24.3 Å². The van der Waals surface area contributed by atoms with E-state index in [-0.39, 0.29) is 23.7 Å². The molecule has 0 aliphatic heterocycles. The monoisotopic (exact) mass is 591 g/mol. The second-order valence-electron chi connectivity index (χ2n) is 9.55. The maximum atomic E-state index is 14.1. The molecule has 0 bridgehead atoms. The minimum absolute atomic E-state index is 0.0799. The van der Waals surface area contributed by atoms with E-state index in [2.05, 4.69) is 15.4 Å². The Labute approximate surface area is 243 Å². The predicted molar refractivity (Wildman–Crippen MR) is 156 cm³/mol. The zero-order valence-electron chi connectivity index (χ0n) is 23.6. The highest BCUT2D eigenvalue weighted by Crippen LogP contribution is 2.29. The van der Waals surface area contributed by atoms with Crippen molar-refractivity contribution >= 4 is 21.7 Å². The number of hydrogen-bond donors (Lipinski definition) is 1. The normalized spacial score (nSPS) is 11.5. The van der Waals surface area contributed by atoms with Gasteiger partial charge in [0, 0.05) is 35.7 Å². The summed E-state index contributed by atoms with van der Waals surface area (Å²) < 4.78 is 57.0. The Hall–Kier alpha value is -4.55.